The van der Waals surface area contributed by atoms with Crippen molar-refractivity contribution in [2.45, 2.75) is 19.1 Å². The number of hydrogen-bond donors (Lipinski definition) is 0. The summed E-state index contributed by atoms with van der Waals surface area (Å²) in [7, 11) is 1.49. The van der Waals surface area contributed by atoms with E-state index in [9.17, 15) is 9.59 Å². The average molecular weight is 294 g/mol. The molecule has 0 aromatic heterocycles. The lowest BCUT2D eigenvalue weighted by atomic mass is 9.56. The monoisotopic (exact) mass is 294 g/mol. The molecule has 0 N–H and O–H groups in total. The summed E-state index contributed by atoms with van der Waals surface area (Å²) in [6.45, 7) is 2.30. The molecule has 1 saturated heterocycles. The summed E-state index contributed by atoms with van der Waals surface area (Å²) in [4.78, 5) is 25.1. The zero-order valence-corrected chi connectivity index (χ0v) is 12.7. The number of carbonyl (C=O) groups excluding carboxylic acids is 2. The molecular weight excluding hydrogens is 276 g/mol. The fraction of sp³-hybridized carbons (Fsp3) is 0.600. The van der Waals surface area contributed by atoms with Crippen LogP contribution in [0.15, 0.2) is 23.8 Å². The highest BCUT2D eigenvalue weighted by Crippen LogP contribution is 2.59. The van der Waals surface area contributed by atoms with Gasteiger partial charge in [-0.2, -0.15) is 0 Å². The largest absolute Gasteiger partial charge is 0.346 e. The molecule has 0 aromatic carbocycles. The molecule has 0 unspecified atom stereocenters. The lowest BCUT2D eigenvalue weighted by molar-refractivity contribution is -0.222. The SMILES string of the molecule is CO[C@]12OC[C@@H]3C=CC[C@](C(=O)SC)(C(C)=CC1=O)[C@@H]32. The Morgan fingerprint density at radius 1 is 1.55 bits per heavy atom. The number of carbonyl (C=O) groups is 2. The van der Waals surface area contributed by atoms with E-state index >= 15 is 0 Å². The van der Waals surface area contributed by atoms with E-state index in [1.807, 2.05) is 13.0 Å². The van der Waals surface area contributed by atoms with Crippen LogP contribution in [0.4, 0.5) is 0 Å². The van der Waals surface area contributed by atoms with Gasteiger partial charge in [-0.3, -0.25) is 9.59 Å². The Kier molecular flexibility index (Phi) is 3.19. The van der Waals surface area contributed by atoms with Gasteiger partial charge in [-0.1, -0.05) is 29.5 Å². The number of thioether (sulfide) groups is 1. The maximum atomic E-state index is 12.7. The van der Waals surface area contributed by atoms with Crippen LogP contribution in [0.25, 0.3) is 0 Å². The molecule has 0 radical (unpaired) electrons. The molecule has 1 heterocycles. The number of ether oxygens (including phenoxy) is 2. The maximum absolute atomic E-state index is 12.7. The van der Waals surface area contributed by atoms with E-state index in [1.165, 1.54) is 24.9 Å². The van der Waals surface area contributed by atoms with Crippen molar-refractivity contribution in [2.75, 3.05) is 20.0 Å². The maximum Gasteiger partial charge on any atom is 0.237 e. The minimum Gasteiger partial charge on any atom is -0.346 e. The van der Waals surface area contributed by atoms with Gasteiger partial charge >= 0.3 is 0 Å². The molecule has 5 heteroatoms. The topological polar surface area (TPSA) is 52.6 Å². The summed E-state index contributed by atoms with van der Waals surface area (Å²) >= 11 is 1.22. The molecule has 4 nitrogen and oxygen atoms in total. The molecule has 0 saturated carbocycles. The summed E-state index contributed by atoms with van der Waals surface area (Å²) in [6, 6.07) is 0. The first-order valence-corrected chi connectivity index (χ1v) is 7.93. The number of rotatable bonds is 2. The summed E-state index contributed by atoms with van der Waals surface area (Å²) in [6.07, 6.45) is 8.03. The van der Waals surface area contributed by atoms with Crippen molar-refractivity contribution in [1.82, 2.24) is 0 Å². The highest BCUT2D eigenvalue weighted by molar-refractivity contribution is 8.13. The third-order valence-corrected chi connectivity index (χ3v) is 5.66. The van der Waals surface area contributed by atoms with Crippen LogP contribution in [0, 0.1) is 17.3 Å². The van der Waals surface area contributed by atoms with Crippen LogP contribution in [0.2, 0.25) is 0 Å². The summed E-state index contributed by atoms with van der Waals surface area (Å²) in [5.41, 5.74) is 0.151. The quantitative estimate of drug-likeness (QED) is 0.729. The van der Waals surface area contributed by atoms with Gasteiger partial charge in [-0.05, 0) is 25.7 Å². The van der Waals surface area contributed by atoms with Crippen molar-refractivity contribution in [1.29, 1.82) is 0 Å². The van der Waals surface area contributed by atoms with E-state index in [4.69, 9.17) is 9.47 Å². The van der Waals surface area contributed by atoms with Crippen molar-refractivity contribution < 1.29 is 19.1 Å². The Hall–Kier alpha value is -0.910. The lowest BCUT2D eigenvalue weighted by Crippen LogP contribution is -2.59. The van der Waals surface area contributed by atoms with Crippen LogP contribution in [0.1, 0.15) is 13.3 Å². The van der Waals surface area contributed by atoms with Crippen LogP contribution in [0.3, 0.4) is 0 Å². The zero-order chi connectivity index (χ0) is 14.5. The molecule has 0 amide bonds. The molecule has 0 aromatic rings. The predicted octanol–water partition coefficient (Wildman–Crippen LogP) is 1.96. The van der Waals surface area contributed by atoms with Crippen molar-refractivity contribution >= 4 is 22.7 Å². The first kappa shape index (κ1) is 14.0. The summed E-state index contributed by atoms with van der Waals surface area (Å²) in [5.74, 6) is -1.68. The third-order valence-electron chi connectivity index (χ3n) is 4.93. The number of methoxy groups -OCH3 is 1. The van der Waals surface area contributed by atoms with Crippen LogP contribution in [0.5, 0.6) is 0 Å². The molecule has 108 valence electrons. The number of ketones is 1. The van der Waals surface area contributed by atoms with Gasteiger partial charge in [0.2, 0.25) is 11.6 Å². The van der Waals surface area contributed by atoms with Gasteiger partial charge < -0.3 is 9.47 Å². The van der Waals surface area contributed by atoms with E-state index in [0.717, 1.165) is 5.57 Å². The smallest absolute Gasteiger partial charge is 0.237 e. The molecular formula is C15H18O4S. The van der Waals surface area contributed by atoms with Crippen LogP contribution < -0.4 is 0 Å². The molecule has 0 bridgehead atoms. The molecule has 0 spiro atoms. The molecule has 20 heavy (non-hydrogen) atoms. The van der Waals surface area contributed by atoms with E-state index in [-0.39, 0.29) is 22.7 Å². The Balaban J connectivity index is 2.25. The van der Waals surface area contributed by atoms with Gasteiger partial charge in [0, 0.05) is 18.9 Å². The first-order chi connectivity index (χ1) is 9.52. The standard InChI is InChI=1S/C15H18O4S/c1-9-7-11(16)15(18-2)12-10(8-19-15)5-4-6-14(9,12)13(17)20-3/h4-5,7,10,12H,6,8H2,1-3H3/t10-,12+,14-,15-/m0/s1. The zero-order valence-electron chi connectivity index (χ0n) is 11.8. The van der Waals surface area contributed by atoms with Crippen molar-refractivity contribution in [2.24, 2.45) is 17.3 Å². The molecule has 1 fully saturated rings. The molecule has 3 rings (SSSR count). The van der Waals surface area contributed by atoms with Crippen LogP contribution in [-0.2, 0) is 19.1 Å². The van der Waals surface area contributed by atoms with Crippen LogP contribution in [-0.4, -0.2) is 36.7 Å². The normalized spacial score (nSPS) is 42.4. The minimum absolute atomic E-state index is 0.0485. The second kappa shape index (κ2) is 4.55. The lowest BCUT2D eigenvalue weighted by Gasteiger charge is -2.49. The van der Waals surface area contributed by atoms with Gasteiger partial charge in [-0.15, -0.1) is 0 Å². The fourth-order valence-electron chi connectivity index (χ4n) is 4.00. The van der Waals surface area contributed by atoms with Crippen LogP contribution >= 0.6 is 11.8 Å². The van der Waals surface area contributed by atoms with Gasteiger partial charge in [0.25, 0.3) is 0 Å². The molecule has 2 aliphatic carbocycles. The van der Waals surface area contributed by atoms with Crippen molar-refractivity contribution in [3.63, 3.8) is 0 Å². The predicted molar refractivity (Wildman–Crippen MR) is 76.1 cm³/mol. The Bertz CT molecular complexity index is 538. The number of hydrogen-bond acceptors (Lipinski definition) is 5. The average Bonchev–Trinajstić information content (AvgIpc) is 2.85. The minimum atomic E-state index is -1.29. The summed E-state index contributed by atoms with van der Waals surface area (Å²) < 4.78 is 11.3. The first-order valence-electron chi connectivity index (χ1n) is 6.70. The van der Waals surface area contributed by atoms with Crippen molar-refractivity contribution in [3.8, 4) is 0 Å². The Morgan fingerprint density at radius 2 is 2.30 bits per heavy atom. The van der Waals surface area contributed by atoms with Gasteiger partial charge in [0.05, 0.1) is 12.0 Å². The molecule has 1 aliphatic heterocycles. The second-order valence-electron chi connectivity index (χ2n) is 5.61. The highest BCUT2D eigenvalue weighted by Gasteiger charge is 2.68. The number of allylic oxidation sites excluding steroid dienone is 2. The van der Waals surface area contributed by atoms with Gasteiger partial charge in [-0.25, -0.2) is 0 Å². The van der Waals surface area contributed by atoms with E-state index < -0.39 is 11.2 Å². The Morgan fingerprint density at radius 3 is 2.95 bits per heavy atom. The van der Waals surface area contributed by atoms with E-state index in [1.54, 1.807) is 6.26 Å². The van der Waals surface area contributed by atoms with Gasteiger partial charge in [0.15, 0.2) is 5.12 Å². The molecule has 3 aliphatic rings. The third kappa shape index (κ3) is 1.46. The van der Waals surface area contributed by atoms with E-state index in [0.29, 0.717) is 13.0 Å². The highest BCUT2D eigenvalue weighted by atomic mass is 32.2. The fourth-order valence-corrected chi connectivity index (χ4v) is 4.73. The van der Waals surface area contributed by atoms with E-state index in [2.05, 4.69) is 6.08 Å². The second-order valence-corrected chi connectivity index (χ2v) is 6.39. The molecule has 4 atom stereocenters. The summed E-state index contributed by atoms with van der Waals surface area (Å²) in [5, 5.41) is 0.0880. The van der Waals surface area contributed by atoms with Crippen molar-refractivity contribution in [3.05, 3.63) is 23.8 Å². The van der Waals surface area contributed by atoms with Gasteiger partial charge in [0.1, 0.15) is 0 Å². The Labute approximate surface area is 122 Å².